The third-order valence-corrected chi connectivity index (χ3v) is 4.39. The fourth-order valence-corrected chi connectivity index (χ4v) is 3.34. The van der Waals surface area contributed by atoms with Gasteiger partial charge in [0.25, 0.3) is 5.91 Å². The van der Waals surface area contributed by atoms with Crippen molar-refractivity contribution in [2.24, 2.45) is 0 Å². The molecule has 0 radical (unpaired) electrons. The molecule has 1 aliphatic heterocycles. The number of nitrogens with zero attached hydrogens (tertiary/aromatic N) is 4. The number of rotatable bonds is 3. The Morgan fingerprint density at radius 1 is 1.45 bits per heavy atom. The van der Waals surface area contributed by atoms with Gasteiger partial charge in [0.15, 0.2) is 5.13 Å². The van der Waals surface area contributed by atoms with Crippen LogP contribution in [0.5, 0.6) is 0 Å². The Balaban J connectivity index is 1.69. The Kier molecular flexibility index (Phi) is 4.19. The minimum atomic E-state index is -0.188. The number of carbonyl (C=O) groups is 2. The van der Waals surface area contributed by atoms with Gasteiger partial charge >= 0.3 is 0 Å². The standard InChI is InChI=1S/C14H17N5O2S/c1-10(20)16-14-17-12(8-22-14)13(21)18-5-2-3-11(7-18)19-6-4-15-9-19/h4,6,8-9,11H,2-3,5,7H2,1H3,(H,16,17,20)/t11-/m0/s1. The van der Waals surface area contributed by atoms with Gasteiger partial charge in [-0.15, -0.1) is 11.3 Å². The first-order valence-corrected chi connectivity index (χ1v) is 8.01. The normalized spacial score (nSPS) is 18.2. The fraction of sp³-hybridized carbons (Fsp3) is 0.429. The van der Waals surface area contributed by atoms with Crippen LogP contribution in [0.2, 0.25) is 0 Å². The van der Waals surface area contributed by atoms with Crippen molar-refractivity contribution in [2.75, 3.05) is 18.4 Å². The Bertz CT molecular complexity index is 667. The average molecular weight is 319 g/mol. The largest absolute Gasteiger partial charge is 0.335 e. The van der Waals surface area contributed by atoms with Crippen LogP contribution in [0.25, 0.3) is 0 Å². The third kappa shape index (κ3) is 3.16. The summed E-state index contributed by atoms with van der Waals surface area (Å²) >= 11 is 1.26. The number of nitrogens with one attached hydrogen (secondary N) is 1. The third-order valence-electron chi connectivity index (χ3n) is 3.64. The number of likely N-dealkylation sites (tertiary alicyclic amines) is 1. The van der Waals surface area contributed by atoms with Crippen molar-refractivity contribution < 1.29 is 9.59 Å². The number of aromatic nitrogens is 3. The molecule has 1 aliphatic rings. The van der Waals surface area contributed by atoms with Crippen molar-refractivity contribution in [1.29, 1.82) is 0 Å². The Hall–Kier alpha value is -2.22. The summed E-state index contributed by atoms with van der Waals surface area (Å²) in [7, 11) is 0. The summed E-state index contributed by atoms with van der Waals surface area (Å²) in [6, 6.07) is 0.258. The van der Waals surface area contributed by atoms with E-state index in [9.17, 15) is 9.59 Å². The second-order valence-electron chi connectivity index (χ2n) is 5.28. The smallest absolute Gasteiger partial charge is 0.273 e. The summed E-state index contributed by atoms with van der Waals surface area (Å²) in [6.07, 6.45) is 7.46. The van der Waals surface area contributed by atoms with Crippen molar-refractivity contribution in [1.82, 2.24) is 19.4 Å². The van der Waals surface area contributed by atoms with Crippen LogP contribution in [-0.4, -0.2) is 44.3 Å². The van der Waals surface area contributed by atoms with E-state index < -0.39 is 0 Å². The number of carbonyl (C=O) groups excluding carboxylic acids is 2. The molecule has 2 aromatic rings. The van der Waals surface area contributed by atoms with Crippen LogP contribution in [0.3, 0.4) is 0 Å². The molecule has 1 atom stereocenters. The number of hydrogen-bond donors (Lipinski definition) is 1. The van der Waals surface area contributed by atoms with Gasteiger partial charge in [0, 0.05) is 37.8 Å². The molecule has 0 aliphatic carbocycles. The van der Waals surface area contributed by atoms with Gasteiger partial charge in [-0.25, -0.2) is 9.97 Å². The lowest BCUT2D eigenvalue weighted by Gasteiger charge is -2.32. The van der Waals surface area contributed by atoms with Crippen LogP contribution in [0.15, 0.2) is 24.1 Å². The van der Waals surface area contributed by atoms with Crippen LogP contribution in [0.1, 0.15) is 36.3 Å². The zero-order valence-electron chi connectivity index (χ0n) is 12.2. The van der Waals surface area contributed by atoms with Gasteiger partial charge in [-0.05, 0) is 12.8 Å². The first-order chi connectivity index (χ1) is 10.6. The SMILES string of the molecule is CC(=O)Nc1nc(C(=O)N2CCC[C@H](n3ccnc3)C2)cs1. The van der Waals surface area contributed by atoms with Crippen molar-refractivity contribution in [3.8, 4) is 0 Å². The molecule has 1 saturated heterocycles. The molecule has 3 heterocycles. The second kappa shape index (κ2) is 6.27. The van der Waals surface area contributed by atoms with E-state index in [1.54, 1.807) is 17.9 Å². The van der Waals surface area contributed by atoms with Crippen LogP contribution < -0.4 is 5.32 Å². The zero-order chi connectivity index (χ0) is 15.5. The summed E-state index contributed by atoms with van der Waals surface area (Å²) in [5, 5.41) is 4.75. The number of hydrogen-bond acceptors (Lipinski definition) is 5. The topological polar surface area (TPSA) is 80.1 Å². The molecular weight excluding hydrogens is 302 g/mol. The average Bonchev–Trinajstić information content (AvgIpc) is 3.17. The van der Waals surface area contributed by atoms with Crippen molar-refractivity contribution in [2.45, 2.75) is 25.8 Å². The van der Waals surface area contributed by atoms with Gasteiger partial charge < -0.3 is 14.8 Å². The Labute approximate surface area is 132 Å². The lowest BCUT2D eigenvalue weighted by molar-refractivity contribution is -0.114. The molecule has 0 bridgehead atoms. The molecule has 3 rings (SSSR count). The van der Waals surface area contributed by atoms with Gasteiger partial charge in [0.1, 0.15) is 5.69 Å². The molecule has 0 spiro atoms. The van der Waals surface area contributed by atoms with E-state index in [-0.39, 0.29) is 17.9 Å². The van der Waals surface area contributed by atoms with Crippen molar-refractivity contribution in [3.63, 3.8) is 0 Å². The molecule has 1 N–H and O–H groups in total. The molecule has 0 aromatic carbocycles. The fourth-order valence-electron chi connectivity index (χ4n) is 2.61. The molecular formula is C14H17N5O2S. The van der Waals surface area contributed by atoms with E-state index in [1.807, 2.05) is 15.7 Å². The monoisotopic (exact) mass is 319 g/mol. The Morgan fingerprint density at radius 3 is 3.05 bits per heavy atom. The van der Waals surface area contributed by atoms with E-state index in [2.05, 4.69) is 15.3 Å². The molecule has 8 heteroatoms. The molecule has 2 aromatic heterocycles. The van der Waals surface area contributed by atoms with Gasteiger partial charge in [0.05, 0.1) is 12.4 Å². The highest BCUT2D eigenvalue weighted by Crippen LogP contribution is 2.24. The summed E-state index contributed by atoms with van der Waals surface area (Å²) in [4.78, 5) is 33.6. The number of anilines is 1. The zero-order valence-corrected chi connectivity index (χ0v) is 13.0. The molecule has 22 heavy (non-hydrogen) atoms. The lowest BCUT2D eigenvalue weighted by atomic mass is 10.1. The summed E-state index contributed by atoms with van der Waals surface area (Å²) < 4.78 is 2.04. The van der Waals surface area contributed by atoms with Crippen LogP contribution in [0.4, 0.5) is 5.13 Å². The van der Waals surface area contributed by atoms with Crippen molar-refractivity contribution in [3.05, 3.63) is 29.8 Å². The van der Waals surface area contributed by atoms with E-state index in [0.29, 0.717) is 17.4 Å². The predicted molar refractivity (Wildman–Crippen MR) is 82.8 cm³/mol. The second-order valence-corrected chi connectivity index (χ2v) is 6.13. The Morgan fingerprint density at radius 2 is 2.32 bits per heavy atom. The highest BCUT2D eigenvalue weighted by atomic mass is 32.1. The van der Waals surface area contributed by atoms with Gasteiger partial charge in [0.2, 0.25) is 5.91 Å². The summed E-state index contributed by atoms with van der Waals surface area (Å²) in [6.45, 7) is 2.81. The molecule has 116 valence electrons. The summed E-state index contributed by atoms with van der Waals surface area (Å²) in [5.41, 5.74) is 0.389. The van der Waals surface area contributed by atoms with Gasteiger partial charge in [-0.3, -0.25) is 9.59 Å². The van der Waals surface area contributed by atoms with Crippen LogP contribution in [0, 0.1) is 0 Å². The van der Waals surface area contributed by atoms with Gasteiger partial charge in [-0.1, -0.05) is 0 Å². The molecule has 1 fully saturated rings. The minimum absolute atomic E-state index is 0.0855. The molecule has 0 saturated carbocycles. The van der Waals surface area contributed by atoms with E-state index in [0.717, 1.165) is 19.4 Å². The van der Waals surface area contributed by atoms with Crippen LogP contribution >= 0.6 is 11.3 Å². The summed E-state index contributed by atoms with van der Waals surface area (Å²) in [5.74, 6) is -0.274. The van der Waals surface area contributed by atoms with E-state index >= 15 is 0 Å². The molecule has 2 amide bonds. The van der Waals surface area contributed by atoms with E-state index in [1.165, 1.54) is 18.3 Å². The maximum Gasteiger partial charge on any atom is 0.273 e. The molecule has 0 unspecified atom stereocenters. The first kappa shape index (κ1) is 14.7. The highest BCUT2D eigenvalue weighted by Gasteiger charge is 2.26. The number of thiazole rings is 1. The van der Waals surface area contributed by atoms with Crippen molar-refractivity contribution >= 4 is 28.3 Å². The minimum Gasteiger partial charge on any atom is -0.335 e. The number of imidazole rings is 1. The first-order valence-electron chi connectivity index (χ1n) is 7.13. The van der Waals surface area contributed by atoms with Crippen LogP contribution in [-0.2, 0) is 4.79 Å². The molecule has 7 nitrogen and oxygen atoms in total. The quantitative estimate of drug-likeness (QED) is 0.935. The maximum atomic E-state index is 12.5. The number of piperidine rings is 1. The predicted octanol–water partition coefficient (Wildman–Crippen LogP) is 1.78. The maximum absolute atomic E-state index is 12.5. The lowest BCUT2D eigenvalue weighted by Crippen LogP contribution is -2.40. The van der Waals surface area contributed by atoms with E-state index in [4.69, 9.17) is 0 Å². The number of amides is 2. The van der Waals surface area contributed by atoms with Gasteiger partial charge in [-0.2, -0.15) is 0 Å². The highest BCUT2D eigenvalue weighted by molar-refractivity contribution is 7.14.